The molecule has 0 radical (unpaired) electrons. The summed E-state index contributed by atoms with van der Waals surface area (Å²) in [5.74, 6) is 1.58. The minimum atomic E-state index is -0.191. The van der Waals surface area contributed by atoms with Gasteiger partial charge in [0.2, 0.25) is 5.91 Å². The van der Waals surface area contributed by atoms with Gasteiger partial charge >= 0.3 is 0 Å². The molecular weight excluding hydrogens is 412 g/mol. The van der Waals surface area contributed by atoms with Crippen LogP contribution in [-0.2, 0) is 4.79 Å². The van der Waals surface area contributed by atoms with Crippen molar-refractivity contribution in [3.63, 3.8) is 0 Å². The summed E-state index contributed by atoms with van der Waals surface area (Å²) in [6.07, 6.45) is 4.27. The molecule has 1 N–H and O–H groups in total. The van der Waals surface area contributed by atoms with Gasteiger partial charge in [0.05, 0.1) is 13.7 Å². The Morgan fingerprint density at radius 3 is 2.21 bits per heavy atom. The first-order chi connectivity index (χ1) is 15.7. The zero-order valence-corrected chi connectivity index (χ0v) is 21.2. The molecule has 0 spiro atoms. The van der Waals surface area contributed by atoms with Crippen LogP contribution in [0.5, 0.6) is 11.5 Å². The maximum atomic E-state index is 12.4. The van der Waals surface area contributed by atoms with Crippen molar-refractivity contribution in [2.75, 3.05) is 25.6 Å². The molecular formula is C28H40N2O3. The van der Waals surface area contributed by atoms with E-state index < -0.39 is 0 Å². The number of carbonyl (C=O) groups is 1. The molecule has 0 aliphatic heterocycles. The first-order valence-corrected chi connectivity index (χ1v) is 11.9. The SMILES string of the molecule is COc1ccc(NC(=O)C=Cc2ccc(C(C)C)cc2)cc1OCCCN(C(C)C)C(C)C. The highest BCUT2D eigenvalue weighted by atomic mass is 16.5. The highest BCUT2D eigenvalue weighted by Gasteiger charge is 2.13. The topological polar surface area (TPSA) is 50.8 Å². The van der Waals surface area contributed by atoms with E-state index >= 15 is 0 Å². The molecule has 5 nitrogen and oxygen atoms in total. The summed E-state index contributed by atoms with van der Waals surface area (Å²) in [7, 11) is 1.62. The molecule has 2 aromatic rings. The predicted octanol–water partition coefficient (Wildman–Crippen LogP) is 6.36. The van der Waals surface area contributed by atoms with E-state index in [4.69, 9.17) is 9.47 Å². The van der Waals surface area contributed by atoms with E-state index in [-0.39, 0.29) is 5.91 Å². The second kappa shape index (κ2) is 13.0. The van der Waals surface area contributed by atoms with E-state index in [9.17, 15) is 4.79 Å². The lowest BCUT2D eigenvalue weighted by Gasteiger charge is -2.30. The van der Waals surface area contributed by atoms with Crippen molar-refractivity contribution < 1.29 is 14.3 Å². The molecule has 2 aromatic carbocycles. The minimum Gasteiger partial charge on any atom is -0.493 e. The van der Waals surface area contributed by atoms with E-state index in [2.05, 4.69) is 63.9 Å². The zero-order valence-electron chi connectivity index (χ0n) is 21.2. The van der Waals surface area contributed by atoms with E-state index in [0.29, 0.717) is 41.8 Å². The van der Waals surface area contributed by atoms with Gasteiger partial charge < -0.3 is 14.8 Å². The maximum Gasteiger partial charge on any atom is 0.248 e. The number of anilines is 1. The molecule has 0 aliphatic rings. The molecule has 0 unspecified atom stereocenters. The number of amides is 1. The van der Waals surface area contributed by atoms with Crippen LogP contribution in [0.3, 0.4) is 0 Å². The van der Waals surface area contributed by atoms with Gasteiger partial charge in [0.25, 0.3) is 0 Å². The Kier molecular flexibility index (Phi) is 10.5. The second-order valence-electron chi connectivity index (χ2n) is 9.14. The molecule has 0 aromatic heterocycles. The van der Waals surface area contributed by atoms with Crippen LogP contribution in [0.2, 0.25) is 0 Å². The Bertz CT molecular complexity index is 894. The third kappa shape index (κ3) is 8.58. The smallest absolute Gasteiger partial charge is 0.248 e. The molecule has 0 saturated carbocycles. The lowest BCUT2D eigenvalue weighted by molar-refractivity contribution is -0.111. The third-order valence-electron chi connectivity index (χ3n) is 5.61. The number of nitrogens with one attached hydrogen (secondary N) is 1. The molecule has 0 saturated heterocycles. The fourth-order valence-corrected chi connectivity index (χ4v) is 3.76. The lowest BCUT2D eigenvalue weighted by atomic mass is 10.0. The number of hydrogen-bond acceptors (Lipinski definition) is 4. The average molecular weight is 453 g/mol. The monoisotopic (exact) mass is 452 g/mol. The van der Waals surface area contributed by atoms with E-state index in [1.54, 1.807) is 13.2 Å². The fraction of sp³-hybridized carbons (Fsp3) is 0.464. The van der Waals surface area contributed by atoms with Crippen LogP contribution in [0.15, 0.2) is 48.5 Å². The summed E-state index contributed by atoms with van der Waals surface area (Å²) >= 11 is 0. The Morgan fingerprint density at radius 2 is 1.64 bits per heavy atom. The predicted molar refractivity (Wildman–Crippen MR) is 138 cm³/mol. The lowest BCUT2D eigenvalue weighted by Crippen LogP contribution is -2.38. The summed E-state index contributed by atoms with van der Waals surface area (Å²) in [6.45, 7) is 14.7. The van der Waals surface area contributed by atoms with Crippen molar-refractivity contribution in [1.29, 1.82) is 0 Å². The molecule has 5 heteroatoms. The van der Waals surface area contributed by atoms with Gasteiger partial charge in [0.15, 0.2) is 11.5 Å². The summed E-state index contributed by atoms with van der Waals surface area (Å²) in [5, 5.41) is 2.90. The van der Waals surface area contributed by atoms with E-state index in [1.807, 2.05) is 36.4 Å². The highest BCUT2D eigenvalue weighted by molar-refractivity contribution is 6.02. The molecule has 1 amide bonds. The van der Waals surface area contributed by atoms with Gasteiger partial charge in [-0.25, -0.2) is 0 Å². The molecule has 0 aliphatic carbocycles. The minimum absolute atomic E-state index is 0.191. The van der Waals surface area contributed by atoms with Crippen molar-refractivity contribution in [3.05, 3.63) is 59.7 Å². The maximum absolute atomic E-state index is 12.4. The molecule has 0 fully saturated rings. The molecule has 0 heterocycles. The van der Waals surface area contributed by atoms with Gasteiger partial charge in [-0.2, -0.15) is 0 Å². The second-order valence-corrected chi connectivity index (χ2v) is 9.14. The van der Waals surface area contributed by atoms with Crippen LogP contribution >= 0.6 is 0 Å². The summed E-state index contributed by atoms with van der Waals surface area (Å²) < 4.78 is 11.4. The molecule has 33 heavy (non-hydrogen) atoms. The summed E-state index contributed by atoms with van der Waals surface area (Å²) in [6, 6.07) is 14.7. The van der Waals surface area contributed by atoms with Crippen molar-refractivity contribution in [2.45, 2.75) is 66.0 Å². The van der Waals surface area contributed by atoms with Crippen LogP contribution in [0, 0.1) is 0 Å². The molecule has 0 bridgehead atoms. The number of benzene rings is 2. The summed E-state index contributed by atoms with van der Waals surface area (Å²) in [4.78, 5) is 14.9. The number of rotatable bonds is 12. The number of carbonyl (C=O) groups excluding carboxylic acids is 1. The standard InChI is InChI=1S/C28H40N2O3/c1-20(2)24-12-9-23(10-13-24)11-16-28(31)29-25-14-15-26(32-7)27(19-25)33-18-8-17-30(21(3)4)22(5)6/h9-16,19-22H,8,17-18H2,1-7H3,(H,29,31). The number of nitrogens with zero attached hydrogens (tertiary/aromatic N) is 1. The Hall–Kier alpha value is -2.79. The zero-order chi connectivity index (χ0) is 24.4. The fourth-order valence-electron chi connectivity index (χ4n) is 3.76. The highest BCUT2D eigenvalue weighted by Crippen LogP contribution is 2.30. The van der Waals surface area contributed by atoms with Crippen LogP contribution in [0.4, 0.5) is 5.69 Å². The average Bonchev–Trinajstić information content (AvgIpc) is 2.77. The third-order valence-corrected chi connectivity index (χ3v) is 5.61. The van der Waals surface area contributed by atoms with Crippen molar-refractivity contribution in [3.8, 4) is 11.5 Å². The number of ether oxygens (including phenoxy) is 2. The van der Waals surface area contributed by atoms with Crippen LogP contribution in [0.25, 0.3) is 6.08 Å². The van der Waals surface area contributed by atoms with Crippen LogP contribution in [0.1, 0.15) is 65.0 Å². The summed E-state index contributed by atoms with van der Waals surface area (Å²) in [5.41, 5.74) is 2.94. The molecule has 180 valence electrons. The number of methoxy groups -OCH3 is 1. The van der Waals surface area contributed by atoms with Gasteiger partial charge in [0.1, 0.15) is 0 Å². The van der Waals surface area contributed by atoms with Gasteiger partial charge in [-0.3, -0.25) is 9.69 Å². The van der Waals surface area contributed by atoms with Crippen molar-refractivity contribution in [1.82, 2.24) is 4.90 Å². The van der Waals surface area contributed by atoms with Crippen LogP contribution in [-0.4, -0.2) is 43.2 Å². The van der Waals surface area contributed by atoms with Crippen LogP contribution < -0.4 is 14.8 Å². The van der Waals surface area contributed by atoms with Gasteiger partial charge in [0, 0.05) is 36.5 Å². The van der Waals surface area contributed by atoms with E-state index in [1.165, 1.54) is 5.56 Å². The van der Waals surface area contributed by atoms with Crippen molar-refractivity contribution in [2.24, 2.45) is 0 Å². The molecule has 2 rings (SSSR count). The Morgan fingerprint density at radius 1 is 0.970 bits per heavy atom. The number of hydrogen-bond donors (Lipinski definition) is 1. The van der Waals surface area contributed by atoms with Gasteiger partial charge in [-0.1, -0.05) is 38.1 Å². The molecule has 0 atom stereocenters. The normalized spacial score (nSPS) is 11.7. The Balaban J connectivity index is 1.95. The first kappa shape index (κ1) is 26.5. The Labute approximate surface area is 199 Å². The largest absolute Gasteiger partial charge is 0.493 e. The quantitative estimate of drug-likeness (QED) is 0.301. The van der Waals surface area contributed by atoms with Gasteiger partial charge in [-0.15, -0.1) is 0 Å². The first-order valence-electron chi connectivity index (χ1n) is 11.9. The van der Waals surface area contributed by atoms with Gasteiger partial charge in [-0.05, 0) is 69.4 Å². The van der Waals surface area contributed by atoms with E-state index in [0.717, 1.165) is 18.5 Å². The van der Waals surface area contributed by atoms with Crippen molar-refractivity contribution >= 4 is 17.7 Å².